The summed E-state index contributed by atoms with van der Waals surface area (Å²) in [6.07, 6.45) is 3.69. The third-order valence-electron chi connectivity index (χ3n) is 5.90. The van der Waals surface area contributed by atoms with Crippen LogP contribution in [0.2, 0.25) is 0 Å². The average molecular weight is 433 g/mol. The monoisotopic (exact) mass is 432 g/mol. The molecule has 3 aromatic rings. The number of hydrogen-bond donors (Lipinski definition) is 2. The van der Waals surface area contributed by atoms with Gasteiger partial charge in [0.25, 0.3) is 11.8 Å². The molecule has 0 bridgehead atoms. The van der Waals surface area contributed by atoms with Crippen molar-refractivity contribution in [2.45, 2.75) is 39.5 Å². The van der Waals surface area contributed by atoms with Crippen LogP contribution in [0, 0.1) is 12.8 Å². The van der Waals surface area contributed by atoms with Gasteiger partial charge in [-0.05, 0) is 61.3 Å². The van der Waals surface area contributed by atoms with Crippen molar-refractivity contribution in [2.75, 3.05) is 11.9 Å². The maximum Gasteiger partial charge on any atom is 0.256 e. The van der Waals surface area contributed by atoms with Crippen LogP contribution in [-0.4, -0.2) is 18.4 Å². The van der Waals surface area contributed by atoms with Gasteiger partial charge < -0.3 is 10.6 Å². The summed E-state index contributed by atoms with van der Waals surface area (Å²) in [5.41, 5.74) is 4.51. The lowest BCUT2D eigenvalue weighted by Gasteiger charge is -2.18. The van der Waals surface area contributed by atoms with Crippen molar-refractivity contribution in [2.24, 2.45) is 5.92 Å². The van der Waals surface area contributed by atoms with E-state index < -0.39 is 0 Å². The Morgan fingerprint density at radius 3 is 2.55 bits per heavy atom. The van der Waals surface area contributed by atoms with E-state index >= 15 is 0 Å². The van der Waals surface area contributed by atoms with E-state index in [1.165, 1.54) is 10.4 Å². The highest BCUT2D eigenvalue weighted by Gasteiger charge is 2.28. The second-order valence-corrected chi connectivity index (χ2v) is 9.42. The van der Waals surface area contributed by atoms with E-state index in [-0.39, 0.29) is 11.8 Å². The second-order valence-electron chi connectivity index (χ2n) is 8.32. The zero-order valence-electron chi connectivity index (χ0n) is 18.0. The third-order valence-corrected chi connectivity index (χ3v) is 7.07. The molecule has 0 unspecified atom stereocenters. The number of carbonyl (C=O) groups excluding carboxylic acids is 2. The lowest BCUT2D eigenvalue weighted by atomic mass is 9.88. The van der Waals surface area contributed by atoms with Gasteiger partial charge in [-0.1, -0.05) is 55.5 Å². The number of aryl methyl sites for hydroxylation is 1. The van der Waals surface area contributed by atoms with Gasteiger partial charge in [-0.25, -0.2) is 0 Å². The largest absolute Gasteiger partial charge is 0.352 e. The van der Waals surface area contributed by atoms with E-state index in [4.69, 9.17) is 0 Å². The molecule has 1 aliphatic carbocycles. The lowest BCUT2D eigenvalue weighted by molar-refractivity contribution is 0.0954. The van der Waals surface area contributed by atoms with Gasteiger partial charge in [-0.2, -0.15) is 0 Å². The van der Waals surface area contributed by atoms with Crippen LogP contribution in [0.25, 0.3) is 0 Å². The number of anilines is 1. The first-order valence-corrected chi connectivity index (χ1v) is 11.7. The molecule has 2 aromatic carbocycles. The molecule has 0 spiro atoms. The zero-order valence-corrected chi connectivity index (χ0v) is 18.9. The van der Waals surface area contributed by atoms with Crippen LogP contribution in [0.4, 0.5) is 5.00 Å². The van der Waals surface area contributed by atoms with E-state index in [1.807, 2.05) is 49.4 Å². The second kappa shape index (κ2) is 9.48. The van der Waals surface area contributed by atoms with E-state index in [2.05, 4.69) is 29.7 Å². The highest BCUT2D eigenvalue weighted by molar-refractivity contribution is 7.17. The standard InChI is InChI=1S/C26H28N2O2S/c1-17-12-13-21-22(16-17)31-26(28-24(29)20-11-7-6-8-18(20)2)23(21)25(30)27-15-14-19-9-4-3-5-10-19/h3-11,17H,12-16H2,1-2H3,(H,27,30)(H,28,29)/t17-/m1/s1. The van der Waals surface area contributed by atoms with Gasteiger partial charge in [0.15, 0.2) is 0 Å². The molecular weight excluding hydrogens is 404 g/mol. The van der Waals surface area contributed by atoms with Crippen LogP contribution in [-0.2, 0) is 19.3 Å². The molecular formula is C26H28N2O2S. The van der Waals surface area contributed by atoms with E-state index in [9.17, 15) is 9.59 Å². The Kier molecular flexibility index (Phi) is 6.52. The number of carbonyl (C=O) groups is 2. The van der Waals surface area contributed by atoms with Gasteiger partial charge in [-0.3, -0.25) is 9.59 Å². The molecule has 4 rings (SSSR count). The maximum absolute atomic E-state index is 13.2. The SMILES string of the molecule is Cc1ccccc1C(=O)Nc1sc2c(c1C(=O)NCCc1ccccc1)CC[C@@H](C)C2. The van der Waals surface area contributed by atoms with Crippen molar-refractivity contribution in [3.63, 3.8) is 0 Å². The molecule has 2 amide bonds. The normalized spacial score (nSPS) is 15.2. The molecule has 1 aliphatic rings. The predicted molar refractivity (Wildman–Crippen MR) is 127 cm³/mol. The van der Waals surface area contributed by atoms with E-state index in [1.54, 1.807) is 11.3 Å². The van der Waals surface area contributed by atoms with Crippen molar-refractivity contribution in [1.29, 1.82) is 0 Å². The van der Waals surface area contributed by atoms with Gasteiger partial charge >= 0.3 is 0 Å². The summed E-state index contributed by atoms with van der Waals surface area (Å²) < 4.78 is 0. The Hall–Kier alpha value is -2.92. The maximum atomic E-state index is 13.2. The molecule has 1 aromatic heterocycles. The Morgan fingerprint density at radius 1 is 1.03 bits per heavy atom. The number of hydrogen-bond acceptors (Lipinski definition) is 3. The van der Waals surface area contributed by atoms with E-state index in [0.29, 0.717) is 28.6 Å². The molecule has 1 atom stereocenters. The summed E-state index contributed by atoms with van der Waals surface area (Å²) in [4.78, 5) is 27.4. The number of amides is 2. The van der Waals surface area contributed by atoms with Crippen molar-refractivity contribution in [1.82, 2.24) is 5.32 Å². The first-order chi connectivity index (χ1) is 15.0. The van der Waals surface area contributed by atoms with Crippen LogP contribution in [0.3, 0.4) is 0 Å². The molecule has 4 nitrogen and oxygen atoms in total. The third kappa shape index (κ3) is 4.88. The van der Waals surface area contributed by atoms with Crippen molar-refractivity contribution in [3.8, 4) is 0 Å². The van der Waals surface area contributed by atoms with Crippen molar-refractivity contribution >= 4 is 28.2 Å². The van der Waals surface area contributed by atoms with Crippen LogP contribution in [0.1, 0.15) is 55.6 Å². The van der Waals surface area contributed by atoms with Crippen LogP contribution in [0.15, 0.2) is 54.6 Å². The smallest absolute Gasteiger partial charge is 0.256 e. The van der Waals surface area contributed by atoms with Crippen LogP contribution >= 0.6 is 11.3 Å². The van der Waals surface area contributed by atoms with E-state index in [0.717, 1.165) is 36.8 Å². The molecule has 0 fully saturated rings. The Bertz CT molecular complexity index is 1090. The quantitative estimate of drug-likeness (QED) is 0.547. The molecule has 1 heterocycles. The highest BCUT2D eigenvalue weighted by atomic mass is 32.1. The zero-order chi connectivity index (χ0) is 21.8. The minimum Gasteiger partial charge on any atom is -0.352 e. The van der Waals surface area contributed by atoms with Crippen molar-refractivity contribution < 1.29 is 9.59 Å². The highest BCUT2D eigenvalue weighted by Crippen LogP contribution is 2.40. The van der Waals surface area contributed by atoms with Gasteiger partial charge in [0.05, 0.1) is 5.56 Å². The van der Waals surface area contributed by atoms with Crippen molar-refractivity contribution in [3.05, 3.63) is 87.3 Å². The fourth-order valence-electron chi connectivity index (χ4n) is 4.13. The Balaban J connectivity index is 1.56. The molecule has 0 saturated heterocycles. The van der Waals surface area contributed by atoms with Gasteiger partial charge in [0.1, 0.15) is 5.00 Å². The molecule has 0 radical (unpaired) electrons. The summed E-state index contributed by atoms with van der Waals surface area (Å²) in [6, 6.07) is 17.7. The number of benzene rings is 2. The Morgan fingerprint density at radius 2 is 1.77 bits per heavy atom. The van der Waals surface area contributed by atoms with Gasteiger partial charge in [0.2, 0.25) is 0 Å². The molecule has 31 heavy (non-hydrogen) atoms. The summed E-state index contributed by atoms with van der Waals surface area (Å²) >= 11 is 1.56. The number of fused-ring (bicyclic) bond motifs is 1. The Labute approximate surface area is 187 Å². The lowest BCUT2D eigenvalue weighted by Crippen LogP contribution is -2.28. The topological polar surface area (TPSA) is 58.2 Å². The first kappa shape index (κ1) is 21.3. The average Bonchev–Trinajstić information content (AvgIpc) is 3.11. The van der Waals surface area contributed by atoms with Crippen LogP contribution in [0.5, 0.6) is 0 Å². The number of thiophene rings is 1. The molecule has 0 saturated carbocycles. The minimum atomic E-state index is -0.164. The van der Waals surface area contributed by atoms with Gasteiger partial charge in [-0.15, -0.1) is 11.3 Å². The predicted octanol–water partition coefficient (Wildman–Crippen LogP) is 5.41. The fourth-order valence-corrected chi connectivity index (χ4v) is 5.53. The minimum absolute atomic E-state index is 0.0944. The van der Waals surface area contributed by atoms with Crippen LogP contribution < -0.4 is 10.6 Å². The fraction of sp³-hybridized carbons (Fsp3) is 0.308. The van der Waals surface area contributed by atoms with Gasteiger partial charge in [0, 0.05) is 17.0 Å². The molecule has 0 aliphatic heterocycles. The molecule has 160 valence electrons. The summed E-state index contributed by atoms with van der Waals surface area (Å²) in [6.45, 7) is 4.73. The molecule has 2 N–H and O–H groups in total. The number of rotatable bonds is 6. The first-order valence-electron chi connectivity index (χ1n) is 10.9. The summed E-state index contributed by atoms with van der Waals surface area (Å²) in [7, 11) is 0. The number of nitrogens with one attached hydrogen (secondary N) is 2. The summed E-state index contributed by atoms with van der Waals surface area (Å²) in [5.74, 6) is 0.339. The molecule has 5 heteroatoms. The summed E-state index contributed by atoms with van der Waals surface area (Å²) in [5, 5.41) is 6.79.